The van der Waals surface area contributed by atoms with Gasteiger partial charge in [-0.25, -0.2) is 4.39 Å². The minimum atomic E-state index is -0.455. The van der Waals surface area contributed by atoms with Gasteiger partial charge in [-0.3, -0.25) is 9.59 Å². The van der Waals surface area contributed by atoms with E-state index in [1.54, 1.807) is 18.2 Å². The summed E-state index contributed by atoms with van der Waals surface area (Å²) in [4.78, 5) is 22.9. The van der Waals surface area contributed by atoms with Crippen LogP contribution in [0.15, 0.2) is 36.4 Å². The smallest absolute Gasteiger partial charge is 0.248 e. The lowest BCUT2D eigenvalue weighted by Gasteiger charge is -2.13. The van der Waals surface area contributed by atoms with E-state index in [2.05, 4.69) is 5.32 Å². The Bertz CT molecular complexity index is 539. The number of rotatable bonds is 4. The van der Waals surface area contributed by atoms with Gasteiger partial charge < -0.3 is 5.32 Å². The van der Waals surface area contributed by atoms with Gasteiger partial charge in [0.15, 0.2) is 0 Å². The molecular formula is C16H18FNO2. The van der Waals surface area contributed by atoms with Gasteiger partial charge in [0, 0.05) is 12.8 Å². The van der Waals surface area contributed by atoms with Gasteiger partial charge >= 0.3 is 0 Å². The molecule has 2 atom stereocenters. The molecule has 106 valence electrons. The molecular weight excluding hydrogens is 257 g/mol. The number of halogens is 1. The van der Waals surface area contributed by atoms with Crippen molar-refractivity contribution in [3.63, 3.8) is 0 Å². The van der Waals surface area contributed by atoms with Crippen molar-refractivity contribution in [1.82, 2.24) is 0 Å². The fraction of sp³-hybridized carbons (Fsp3) is 0.375. The average molecular weight is 275 g/mol. The number of benzene rings is 1. The number of Topliss-reactive ketones (excluding diaryl/α,β-unsaturated/α-hetero) is 1. The lowest BCUT2D eigenvalue weighted by atomic mass is 9.92. The minimum absolute atomic E-state index is 0.172. The molecule has 1 aromatic carbocycles. The molecule has 4 heteroatoms. The third kappa shape index (κ3) is 3.76. The van der Waals surface area contributed by atoms with E-state index in [-0.39, 0.29) is 17.5 Å². The Morgan fingerprint density at radius 3 is 2.85 bits per heavy atom. The Hall–Kier alpha value is -1.97. The number of anilines is 1. The summed E-state index contributed by atoms with van der Waals surface area (Å²) in [5.74, 6) is -0.0196. The molecule has 0 bridgehead atoms. The van der Waals surface area contributed by atoms with E-state index < -0.39 is 5.82 Å². The molecule has 0 aromatic heterocycles. The van der Waals surface area contributed by atoms with Crippen molar-refractivity contribution in [2.45, 2.75) is 26.2 Å². The maximum absolute atomic E-state index is 13.4. The van der Waals surface area contributed by atoms with Crippen LogP contribution in [-0.4, -0.2) is 11.7 Å². The van der Waals surface area contributed by atoms with E-state index in [9.17, 15) is 14.0 Å². The summed E-state index contributed by atoms with van der Waals surface area (Å²) < 4.78 is 13.4. The zero-order valence-electron chi connectivity index (χ0n) is 11.4. The summed E-state index contributed by atoms with van der Waals surface area (Å²) in [6.45, 7) is 2.00. The number of hydrogen-bond donors (Lipinski definition) is 1. The summed E-state index contributed by atoms with van der Waals surface area (Å²) >= 11 is 0. The average Bonchev–Trinajstić information content (AvgIpc) is 2.85. The maximum Gasteiger partial charge on any atom is 0.248 e. The van der Waals surface area contributed by atoms with E-state index in [0.29, 0.717) is 24.5 Å². The quantitative estimate of drug-likeness (QED) is 0.857. The topological polar surface area (TPSA) is 46.2 Å². The molecule has 0 heterocycles. The first kappa shape index (κ1) is 14.4. The summed E-state index contributed by atoms with van der Waals surface area (Å²) in [6.07, 6.45) is 5.34. The molecule has 3 nitrogen and oxygen atoms in total. The molecule has 0 saturated heterocycles. The van der Waals surface area contributed by atoms with Gasteiger partial charge in [-0.05, 0) is 36.5 Å². The summed E-state index contributed by atoms with van der Waals surface area (Å²) in [7, 11) is 0. The van der Waals surface area contributed by atoms with Crippen molar-refractivity contribution in [3.8, 4) is 0 Å². The number of allylic oxidation sites excluding steroid dienone is 1. The molecule has 1 N–H and O–H groups in total. The van der Waals surface area contributed by atoms with Crippen molar-refractivity contribution in [2.75, 3.05) is 5.32 Å². The highest BCUT2D eigenvalue weighted by Crippen LogP contribution is 2.29. The predicted molar refractivity (Wildman–Crippen MR) is 75.7 cm³/mol. The van der Waals surface area contributed by atoms with Crippen LogP contribution in [0, 0.1) is 17.7 Å². The monoisotopic (exact) mass is 275 g/mol. The molecule has 0 spiro atoms. The van der Waals surface area contributed by atoms with Crippen LogP contribution in [-0.2, 0) is 9.59 Å². The van der Waals surface area contributed by atoms with Crippen LogP contribution in [0.5, 0.6) is 0 Å². The van der Waals surface area contributed by atoms with Crippen molar-refractivity contribution < 1.29 is 14.0 Å². The molecule has 0 radical (unpaired) electrons. The zero-order chi connectivity index (χ0) is 14.5. The predicted octanol–water partition coefficient (Wildman–Crippen LogP) is 3.33. The third-order valence-electron chi connectivity index (χ3n) is 3.71. The van der Waals surface area contributed by atoms with Crippen LogP contribution in [0.25, 0.3) is 0 Å². The van der Waals surface area contributed by atoms with Gasteiger partial charge in [0.05, 0.1) is 5.69 Å². The Balaban J connectivity index is 1.89. The SMILES string of the molecule is C[C@H](/C=C/C(=O)Nc1ccccc1F)[C@H]1CCC(=O)C1. The first-order valence-corrected chi connectivity index (χ1v) is 6.81. The van der Waals surface area contributed by atoms with E-state index in [1.807, 2.05) is 6.92 Å². The minimum Gasteiger partial charge on any atom is -0.320 e. The molecule has 1 amide bonds. The highest BCUT2D eigenvalue weighted by molar-refractivity contribution is 5.99. The van der Waals surface area contributed by atoms with Crippen molar-refractivity contribution in [1.29, 1.82) is 0 Å². The number of carbonyl (C=O) groups is 2. The Labute approximate surface area is 117 Å². The van der Waals surface area contributed by atoms with Gasteiger partial charge in [-0.2, -0.15) is 0 Å². The largest absolute Gasteiger partial charge is 0.320 e. The normalized spacial score (nSPS) is 20.3. The molecule has 0 unspecified atom stereocenters. The summed E-state index contributed by atoms with van der Waals surface area (Å²) in [5.41, 5.74) is 0.172. The molecule has 0 aliphatic heterocycles. The first-order chi connectivity index (χ1) is 9.56. The van der Waals surface area contributed by atoms with Gasteiger partial charge in [0.25, 0.3) is 0 Å². The molecule has 2 rings (SSSR count). The van der Waals surface area contributed by atoms with E-state index in [4.69, 9.17) is 0 Å². The fourth-order valence-corrected chi connectivity index (χ4v) is 2.43. The molecule has 1 aromatic rings. The zero-order valence-corrected chi connectivity index (χ0v) is 11.4. The second-order valence-electron chi connectivity index (χ2n) is 5.23. The number of ketones is 1. The van der Waals surface area contributed by atoms with Crippen LogP contribution in [0.2, 0.25) is 0 Å². The van der Waals surface area contributed by atoms with E-state index >= 15 is 0 Å². The molecule has 1 saturated carbocycles. The van der Waals surface area contributed by atoms with Crippen LogP contribution in [0.3, 0.4) is 0 Å². The Morgan fingerprint density at radius 2 is 2.20 bits per heavy atom. The number of nitrogens with one attached hydrogen (secondary N) is 1. The number of hydrogen-bond acceptors (Lipinski definition) is 2. The van der Waals surface area contributed by atoms with Crippen molar-refractivity contribution >= 4 is 17.4 Å². The van der Waals surface area contributed by atoms with Gasteiger partial charge in [-0.15, -0.1) is 0 Å². The third-order valence-corrected chi connectivity index (χ3v) is 3.71. The van der Waals surface area contributed by atoms with Crippen LogP contribution >= 0.6 is 0 Å². The molecule has 1 fully saturated rings. The van der Waals surface area contributed by atoms with E-state index in [0.717, 1.165) is 6.42 Å². The number of para-hydroxylation sites is 1. The van der Waals surface area contributed by atoms with Crippen LogP contribution < -0.4 is 5.32 Å². The summed E-state index contributed by atoms with van der Waals surface area (Å²) in [5, 5.41) is 2.50. The number of amides is 1. The lowest BCUT2D eigenvalue weighted by molar-refractivity contribution is -0.117. The van der Waals surface area contributed by atoms with Crippen molar-refractivity contribution in [3.05, 3.63) is 42.2 Å². The van der Waals surface area contributed by atoms with Crippen molar-refractivity contribution in [2.24, 2.45) is 11.8 Å². The fourth-order valence-electron chi connectivity index (χ4n) is 2.43. The van der Waals surface area contributed by atoms with Crippen LogP contribution in [0.4, 0.5) is 10.1 Å². The Kier molecular flexibility index (Phi) is 4.66. The first-order valence-electron chi connectivity index (χ1n) is 6.81. The van der Waals surface area contributed by atoms with E-state index in [1.165, 1.54) is 18.2 Å². The summed E-state index contributed by atoms with van der Waals surface area (Å²) in [6, 6.07) is 6.04. The standard InChI is InChI=1S/C16H18FNO2/c1-11(12-7-8-13(19)10-12)6-9-16(20)18-15-5-3-2-4-14(15)17/h2-6,9,11-12H,7-8,10H2,1H3,(H,18,20)/b9-6+/t11-,12+/m1/s1. The highest BCUT2D eigenvalue weighted by Gasteiger charge is 2.25. The maximum atomic E-state index is 13.4. The number of carbonyl (C=O) groups excluding carboxylic acids is 2. The molecule has 1 aliphatic carbocycles. The van der Waals surface area contributed by atoms with Gasteiger partial charge in [-0.1, -0.05) is 25.1 Å². The van der Waals surface area contributed by atoms with Gasteiger partial charge in [0.2, 0.25) is 5.91 Å². The highest BCUT2D eigenvalue weighted by atomic mass is 19.1. The Morgan fingerprint density at radius 1 is 1.45 bits per heavy atom. The second-order valence-corrected chi connectivity index (χ2v) is 5.23. The lowest BCUT2D eigenvalue weighted by Crippen LogP contribution is -2.11. The second kappa shape index (κ2) is 6.46. The van der Waals surface area contributed by atoms with Crippen LogP contribution in [0.1, 0.15) is 26.2 Å². The molecule has 1 aliphatic rings. The molecule has 20 heavy (non-hydrogen) atoms. The van der Waals surface area contributed by atoms with Gasteiger partial charge in [0.1, 0.15) is 11.6 Å².